The van der Waals surface area contributed by atoms with E-state index in [-0.39, 0.29) is 26.4 Å². The minimum absolute atomic E-state index is 0. The van der Waals surface area contributed by atoms with Crippen LogP contribution < -0.4 is 0 Å². The van der Waals surface area contributed by atoms with Gasteiger partial charge in [0.15, 0.2) is 0 Å². The lowest BCUT2D eigenvalue weighted by Gasteiger charge is -2.17. The summed E-state index contributed by atoms with van der Waals surface area (Å²) in [5, 5.41) is 3.32. The fourth-order valence-electron chi connectivity index (χ4n) is 5.14. The van der Waals surface area contributed by atoms with Crippen molar-refractivity contribution < 1.29 is 9.47 Å². The minimum atomic E-state index is 0. The lowest BCUT2D eigenvalue weighted by molar-refractivity contribution is 0.0865. The summed E-state index contributed by atoms with van der Waals surface area (Å²) in [4.78, 5) is 15.5. The van der Waals surface area contributed by atoms with Crippen LogP contribution >= 0.6 is 34.8 Å². The summed E-state index contributed by atoms with van der Waals surface area (Å²) < 4.78 is 15.7. The highest BCUT2D eigenvalue weighted by atomic mass is 35.5. The van der Waals surface area contributed by atoms with Crippen molar-refractivity contribution in [3.63, 3.8) is 0 Å². The van der Waals surface area contributed by atoms with E-state index in [1.807, 2.05) is 12.1 Å². The van der Waals surface area contributed by atoms with E-state index in [1.165, 1.54) is 33.7 Å². The molecule has 2 aromatic carbocycles. The van der Waals surface area contributed by atoms with E-state index in [2.05, 4.69) is 77.6 Å². The van der Waals surface area contributed by atoms with Gasteiger partial charge in [-0.3, -0.25) is 0 Å². The monoisotopic (exact) mass is 633 g/mol. The number of rotatable bonds is 1. The van der Waals surface area contributed by atoms with Crippen LogP contribution in [-0.4, -0.2) is 50.7 Å². The van der Waals surface area contributed by atoms with Gasteiger partial charge in [0, 0.05) is 61.6 Å². The molecule has 0 spiro atoms. The topological polar surface area (TPSA) is 79.9 Å². The zero-order chi connectivity index (χ0) is 28.2. The smallest absolute Gasteiger partial charge is 0.223 e. The molecule has 6 heterocycles. The standard InChI is InChI=1S/C15H12ClN3O.C11H11NO.C4H2Cl2N2.CH4.B/c16-15-17-6-5-11(18-15)14-10-3-1-2-4-12(10)19-7-8-20-9-13(14)19;1-2-4-11-9(3-1)7-10-8-13-6-5-12(10)11;5-3-1-2-7-4(6)8-3;;/h1-6H,7-9H2;1-4,7H,5-6,8H2;1-2H;1H4;. The first-order valence-electron chi connectivity index (χ1n) is 13.0. The summed E-state index contributed by atoms with van der Waals surface area (Å²) in [7, 11) is 0. The molecule has 12 heteroatoms. The van der Waals surface area contributed by atoms with Crippen LogP contribution in [0.2, 0.25) is 15.7 Å². The Morgan fingerprint density at radius 2 is 1.35 bits per heavy atom. The van der Waals surface area contributed by atoms with E-state index in [1.54, 1.807) is 12.3 Å². The summed E-state index contributed by atoms with van der Waals surface area (Å²) >= 11 is 16.7. The summed E-state index contributed by atoms with van der Waals surface area (Å²) in [6.07, 6.45) is 3.19. The fraction of sp³-hybridized carbons (Fsp3) is 0.226. The molecule has 0 N–H and O–H groups in total. The Kier molecular flexibility index (Phi) is 11.2. The number of aromatic nitrogens is 6. The van der Waals surface area contributed by atoms with Gasteiger partial charge in [-0.15, -0.1) is 0 Å². The van der Waals surface area contributed by atoms with Crippen molar-refractivity contribution in [2.24, 2.45) is 0 Å². The molecule has 0 unspecified atom stereocenters. The lowest BCUT2D eigenvalue weighted by Crippen LogP contribution is -2.16. The molecule has 4 aromatic heterocycles. The molecule has 2 aliphatic heterocycles. The molecule has 8 nitrogen and oxygen atoms in total. The van der Waals surface area contributed by atoms with E-state index in [4.69, 9.17) is 44.3 Å². The summed E-state index contributed by atoms with van der Waals surface area (Å²) in [5.74, 6) is 0. The van der Waals surface area contributed by atoms with Crippen molar-refractivity contribution in [3.8, 4) is 11.3 Å². The van der Waals surface area contributed by atoms with Crippen molar-refractivity contribution >= 4 is 65.0 Å². The highest BCUT2D eigenvalue weighted by molar-refractivity contribution is 6.31. The largest absolute Gasteiger partial charge is 0.373 e. The molecular formula is C31H29BCl3N6O2. The predicted octanol–water partition coefficient (Wildman–Crippen LogP) is 7.49. The van der Waals surface area contributed by atoms with Crippen LogP contribution in [0.1, 0.15) is 18.8 Å². The number of hydrogen-bond donors (Lipinski definition) is 0. The molecule has 2 aliphatic rings. The fourth-order valence-corrected chi connectivity index (χ4v) is 5.62. The molecule has 0 fully saturated rings. The number of ether oxygens (including phenoxy) is 2. The van der Waals surface area contributed by atoms with Gasteiger partial charge < -0.3 is 18.6 Å². The second kappa shape index (κ2) is 14.8. The maximum Gasteiger partial charge on any atom is 0.223 e. The SMILES string of the molecule is C.Clc1ccnc(Cl)n1.Clc1nccc(-c2c3n(c4ccccc24)CCOC3)n1.[B].c1ccc2c(c1)cc1n2CCOC1. The quantitative estimate of drug-likeness (QED) is 0.106. The van der Waals surface area contributed by atoms with Crippen molar-refractivity contribution in [1.29, 1.82) is 0 Å². The average molecular weight is 635 g/mol. The first-order valence-corrected chi connectivity index (χ1v) is 14.2. The van der Waals surface area contributed by atoms with Crippen molar-refractivity contribution in [1.82, 2.24) is 29.1 Å². The van der Waals surface area contributed by atoms with E-state index in [0.29, 0.717) is 11.8 Å². The second-order valence-electron chi connectivity index (χ2n) is 9.30. The average Bonchev–Trinajstić information content (AvgIpc) is 3.54. The van der Waals surface area contributed by atoms with Crippen LogP contribution in [0.25, 0.3) is 33.1 Å². The number of benzene rings is 2. The lowest BCUT2D eigenvalue weighted by atomic mass is 10.1. The summed E-state index contributed by atoms with van der Waals surface area (Å²) in [6, 6.07) is 22.5. The number of halogens is 3. The Bertz CT molecular complexity index is 1810. The third-order valence-corrected chi connectivity index (χ3v) is 7.43. The molecule has 3 radical (unpaired) electrons. The van der Waals surface area contributed by atoms with Crippen LogP contribution in [0, 0.1) is 0 Å². The minimum Gasteiger partial charge on any atom is -0.373 e. The Morgan fingerprint density at radius 3 is 2.07 bits per heavy atom. The van der Waals surface area contributed by atoms with Gasteiger partial charge in [0.05, 0.1) is 37.8 Å². The highest BCUT2D eigenvalue weighted by Crippen LogP contribution is 2.36. The maximum atomic E-state index is 5.94. The molecule has 0 amide bonds. The number of fused-ring (bicyclic) bond motifs is 6. The Labute approximate surface area is 267 Å². The molecule has 43 heavy (non-hydrogen) atoms. The van der Waals surface area contributed by atoms with Crippen LogP contribution in [0.15, 0.2) is 79.1 Å². The van der Waals surface area contributed by atoms with Gasteiger partial charge in [-0.1, -0.05) is 55.4 Å². The Morgan fingerprint density at radius 1 is 0.698 bits per heavy atom. The zero-order valence-corrected chi connectivity index (χ0v) is 24.7. The van der Waals surface area contributed by atoms with Gasteiger partial charge in [-0.25, -0.2) is 19.9 Å². The number of hydrogen-bond acceptors (Lipinski definition) is 6. The summed E-state index contributed by atoms with van der Waals surface area (Å²) in [5.41, 5.74) is 6.96. The van der Waals surface area contributed by atoms with Gasteiger partial charge in [-0.05, 0) is 58.9 Å². The van der Waals surface area contributed by atoms with Gasteiger partial charge in [-0.2, -0.15) is 0 Å². The van der Waals surface area contributed by atoms with E-state index in [9.17, 15) is 0 Å². The highest BCUT2D eigenvalue weighted by Gasteiger charge is 2.22. The van der Waals surface area contributed by atoms with Gasteiger partial charge in [0.2, 0.25) is 10.6 Å². The van der Waals surface area contributed by atoms with Crippen LogP contribution in [0.3, 0.4) is 0 Å². The maximum absolute atomic E-state index is 5.94. The van der Waals surface area contributed by atoms with Crippen LogP contribution in [0.4, 0.5) is 0 Å². The van der Waals surface area contributed by atoms with Gasteiger partial charge in [0.1, 0.15) is 5.15 Å². The second-order valence-corrected chi connectivity index (χ2v) is 10.4. The molecular weight excluding hydrogens is 606 g/mol. The Hall–Kier alpha value is -3.47. The van der Waals surface area contributed by atoms with E-state index >= 15 is 0 Å². The van der Waals surface area contributed by atoms with Crippen molar-refractivity contribution in [2.45, 2.75) is 33.7 Å². The predicted molar refractivity (Wildman–Crippen MR) is 174 cm³/mol. The third kappa shape index (κ3) is 7.20. The first-order chi connectivity index (χ1) is 20.1. The normalized spacial score (nSPS) is 13.3. The number of nitrogens with zero attached hydrogens (tertiary/aromatic N) is 6. The van der Waals surface area contributed by atoms with E-state index < -0.39 is 0 Å². The third-order valence-electron chi connectivity index (χ3n) is 6.86. The molecule has 0 atom stereocenters. The number of para-hydroxylation sites is 2. The molecule has 0 saturated carbocycles. The van der Waals surface area contributed by atoms with Crippen LogP contribution in [0.5, 0.6) is 0 Å². The first kappa shape index (κ1) is 32.4. The molecule has 0 saturated heterocycles. The van der Waals surface area contributed by atoms with Gasteiger partial charge >= 0.3 is 0 Å². The van der Waals surface area contributed by atoms with Gasteiger partial charge in [0.25, 0.3) is 0 Å². The molecule has 6 aromatic rings. The molecule has 0 aliphatic carbocycles. The molecule has 0 bridgehead atoms. The van der Waals surface area contributed by atoms with Crippen molar-refractivity contribution in [3.05, 3.63) is 106 Å². The summed E-state index contributed by atoms with van der Waals surface area (Å²) in [6.45, 7) is 4.80. The Balaban J connectivity index is 0.000000159. The van der Waals surface area contributed by atoms with Crippen LogP contribution in [-0.2, 0) is 35.8 Å². The molecule has 219 valence electrons. The zero-order valence-electron chi connectivity index (χ0n) is 22.5. The van der Waals surface area contributed by atoms with E-state index in [0.717, 1.165) is 49.9 Å². The molecule has 8 rings (SSSR count). The van der Waals surface area contributed by atoms with Crippen molar-refractivity contribution in [2.75, 3.05) is 13.2 Å².